The molecule has 1 heterocycles. The van der Waals surface area contributed by atoms with Crippen molar-refractivity contribution in [1.82, 2.24) is 4.98 Å². The van der Waals surface area contributed by atoms with E-state index in [1.54, 1.807) is 12.1 Å². The van der Waals surface area contributed by atoms with Crippen molar-refractivity contribution in [2.75, 3.05) is 7.11 Å². The van der Waals surface area contributed by atoms with Gasteiger partial charge in [-0.1, -0.05) is 30.3 Å². The monoisotopic (exact) mass is 265 g/mol. The van der Waals surface area contributed by atoms with Gasteiger partial charge < -0.3 is 9.72 Å². The van der Waals surface area contributed by atoms with E-state index in [0.29, 0.717) is 5.56 Å². The summed E-state index contributed by atoms with van der Waals surface area (Å²) >= 11 is 0. The summed E-state index contributed by atoms with van der Waals surface area (Å²) in [5, 5.41) is 1.22. The van der Waals surface area contributed by atoms with E-state index in [1.807, 2.05) is 24.3 Å². The highest BCUT2D eigenvalue weighted by Gasteiger charge is 2.05. The minimum atomic E-state index is -0.304. The van der Waals surface area contributed by atoms with Gasteiger partial charge in [0.1, 0.15) is 0 Å². The summed E-state index contributed by atoms with van der Waals surface area (Å²) in [6.07, 6.45) is 0.816. The highest BCUT2D eigenvalue weighted by molar-refractivity contribution is 5.89. The first kappa shape index (κ1) is 12.5. The third-order valence-electron chi connectivity index (χ3n) is 3.36. The molecule has 0 saturated carbocycles. The number of rotatable bonds is 3. The number of hydrogen-bond donors (Lipinski definition) is 1. The molecule has 0 radical (unpaired) electrons. The fourth-order valence-corrected chi connectivity index (χ4v) is 2.33. The van der Waals surface area contributed by atoms with Crippen molar-refractivity contribution in [3.8, 4) is 0 Å². The molecule has 0 aliphatic rings. The van der Waals surface area contributed by atoms with Gasteiger partial charge in [-0.2, -0.15) is 0 Å². The normalized spacial score (nSPS) is 10.7. The number of aromatic nitrogens is 1. The van der Waals surface area contributed by atoms with E-state index >= 15 is 0 Å². The molecule has 0 spiro atoms. The van der Waals surface area contributed by atoms with Crippen LogP contribution in [0.3, 0.4) is 0 Å². The highest BCUT2D eigenvalue weighted by atomic mass is 16.5. The van der Waals surface area contributed by atoms with E-state index in [4.69, 9.17) is 0 Å². The Morgan fingerprint density at radius 1 is 1.10 bits per heavy atom. The molecule has 0 bridgehead atoms. The number of methoxy groups -OCH3 is 1. The van der Waals surface area contributed by atoms with Crippen LogP contribution < -0.4 is 0 Å². The van der Waals surface area contributed by atoms with Gasteiger partial charge in [-0.15, -0.1) is 0 Å². The zero-order valence-electron chi connectivity index (χ0n) is 11.2. The summed E-state index contributed by atoms with van der Waals surface area (Å²) < 4.78 is 4.69. The van der Waals surface area contributed by atoms with E-state index in [-0.39, 0.29) is 5.97 Å². The third-order valence-corrected chi connectivity index (χ3v) is 3.36. The van der Waals surface area contributed by atoms with Gasteiger partial charge >= 0.3 is 5.97 Å². The predicted octanol–water partition coefficient (Wildman–Crippen LogP) is 3.55. The quantitative estimate of drug-likeness (QED) is 0.736. The smallest absolute Gasteiger partial charge is 0.337 e. The van der Waals surface area contributed by atoms with Crippen LogP contribution in [0.4, 0.5) is 0 Å². The van der Waals surface area contributed by atoms with Crippen molar-refractivity contribution >= 4 is 16.9 Å². The highest BCUT2D eigenvalue weighted by Crippen LogP contribution is 2.17. The summed E-state index contributed by atoms with van der Waals surface area (Å²) in [7, 11) is 1.39. The molecule has 2 aromatic carbocycles. The summed E-state index contributed by atoms with van der Waals surface area (Å²) in [6, 6.07) is 17.9. The number of carbonyl (C=O) groups excluding carboxylic acids is 1. The average Bonchev–Trinajstić information content (AvgIpc) is 2.89. The number of aromatic amines is 1. The average molecular weight is 265 g/mol. The SMILES string of the molecule is COC(=O)c1ccc(Cc2cc3ccccc3[nH]2)cc1. The zero-order chi connectivity index (χ0) is 13.9. The van der Waals surface area contributed by atoms with Gasteiger partial charge in [0.05, 0.1) is 12.7 Å². The molecule has 0 unspecified atom stereocenters. The van der Waals surface area contributed by atoms with Crippen molar-refractivity contribution < 1.29 is 9.53 Å². The van der Waals surface area contributed by atoms with Gasteiger partial charge in [0.15, 0.2) is 0 Å². The lowest BCUT2D eigenvalue weighted by Gasteiger charge is -2.02. The minimum Gasteiger partial charge on any atom is -0.465 e. The molecule has 3 aromatic rings. The number of ether oxygens (including phenoxy) is 1. The number of hydrogen-bond acceptors (Lipinski definition) is 2. The van der Waals surface area contributed by atoms with Gasteiger partial charge in [-0.3, -0.25) is 0 Å². The molecule has 1 N–H and O–H groups in total. The molecule has 0 saturated heterocycles. The Morgan fingerprint density at radius 3 is 2.55 bits per heavy atom. The molecular formula is C17H15NO2. The van der Waals surface area contributed by atoms with Crippen LogP contribution in [0.15, 0.2) is 54.6 Å². The molecule has 3 rings (SSSR count). The first-order chi connectivity index (χ1) is 9.76. The lowest BCUT2D eigenvalue weighted by Crippen LogP contribution is -2.01. The van der Waals surface area contributed by atoms with E-state index in [1.165, 1.54) is 12.5 Å². The van der Waals surface area contributed by atoms with Crippen molar-refractivity contribution in [3.05, 3.63) is 71.4 Å². The molecule has 3 heteroatoms. The second kappa shape index (κ2) is 5.21. The fourth-order valence-electron chi connectivity index (χ4n) is 2.33. The van der Waals surface area contributed by atoms with Crippen molar-refractivity contribution in [2.45, 2.75) is 6.42 Å². The maximum Gasteiger partial charge on any atom is 0.337 e. The van der Waals surface area contributed by atoms with Crippen LogP contribution in [0.2, 0.25) is 0 Å². The summed E-state index contributed by atoms with van der Waals surface area (Å²) in [5.74, 6) is -0.304. The first-order valence-corrected chi connectivity index (χ1v) is 6.50. The van der Waals surface area contributed by atoms with Crippen LogP contribution in [0.25, 0.3) is 10.9 Å². The molecular weight excluding hydrogens is 250 g/mol. The van der Waals surface area contributed by atoms with E-state index in [9.17, 15) is 4.79 Å². The van der Waals surface area contributed by atoms with Crippen molar-refractivity contribution in [3.63, 3.8) is 0 Å². The Hall–Kier alpha value is -2.55. The lowest BCUT2D eigenvalue weighted by atomic mass is 10.1. The van der Waals surface area contributed by atoms with Crippen LogP contribution in [0.1, 0.15) is 21.6 Å². The molecule has 0 aliphatic carbocycles. The minimum absolute atomic E-state index is 0.304. The summed E-state index contributed by atoms with van der Waals surface area (Å²) in [6.45, 7) is 0. The molecule has 1 aromatic heterocycles. The van der Waals surface area contributed by atoms with Gasteiger partial charge in [-0.05, 0) is 35.2 Å². The number of fused-ring (bicyclic) bond motifs is 1. The Morgan fingerprint density at radius 2 is 1.85 bits per heavy atom. The number of benzene rings is 2. The molecule has 3 nitrogen and oxygen atoms in total. The Bertz CT molecular complexity index is 708. The Labute approximate surface area is 117 Å². The third kappa shape index (κ3) is 2.43. The maximum absolute atomic E-state index is 11.4. The van der Waals surface area contributed by atoms with E-state index < -0.39 is 0 Å². The molecule has 0 fully saturated rings. The predicted molar refractivity (Wildman–Crippen MR) is 78.9 cm³/mol. The Balaban J connectivity index is 1.82. The zero-order valence-corrected chi connectivity index (χ0v) is 11.2. The van der Waals surface area contributed by atoms with Crippen molar-refractivity contribution in [1.29, 1.82) is 0 Å². The largest absolute Gasteiger partial charge is 0.465 e. The van der Waals surface area contributed by atoms with Gasteiger partial charge in [0, 0.05) is 17.6 Å². The second-order valence-corrected chi connectivity index (χ2v) is 4.75. The number of nitrogens with one attached hydrogen (secondary N) is 1. The number of H-pyrrole nitrogens is 1. The fraction of sp³-hybridized carbons (Fsp3) is 0.118. The maximum atomic E-state index is 11.4. The Kier molecular flexibility index (Phi) is 3.25. The molecule has 0 amide bonds. The van der Waals surface area contributed by atoms with E-state index in [2.05, 4.69) is 27.9 Å². The van der Waals surface area contributed by atoms with Crippen LogP contribution in [0, 0.1) is 0 Å². The summed E-state index contributed by atoms with van der Waals surface area (Å²) in [5.41, 5.74) is 4.04. The molecule has 100 valence electrons. The van der Waals surface area contributed by atoms with E-state index in [0.717, 1.165) is 23.2 Å². The van der Waals surface area contributed by atoms with Crippen LogP contribution in [-0.2, 0) is 11.2 Å². The lowest BCUT2D eigenvalue weighted by molar-refractivity contribution is 0.0600. The molecule has 0 atom stereocenters. The number of carbonyl (C=O) groups is 1. The van der Waals surface area contributed by atoms with Crippen LogP contribution >= 0.6 is 0 Å². The summed E-state index contributed by atoms with van der Waals surface area (Å²) in [4.78, 5) is 14.8. The molecule has 0 aliphatic heterocycles. The van der Waals surface area contributed by atoms with Gasteiger partial charge in [-0.25, -0.2) is 4.79 Å². The van der Waals surface area contributed by atoms with Gasteiger partial charge in [0.2, 0.25) is 0 Å². The standard InChI is InChI=1S/C17H15NO2/c1-20-17(19)13-8-6-12(7-9-13)10-15-11-14-4-2-3-5-16(14)18-15/h2-9,11,18H,10H2,1H3. The number of para-hydroxylation sites is 1. The van der Waals surface area contributed by atoms with Gasteiger partial charge in [0.25, 0.3) is 0 Å². The number of esters is 1. The second-order valence-electron chi connectivity index (χ2n) is 4.75. The van der Waals surface area contributed by atoms with Crippen LogP contribution in [0.5, 0.6) is 0 Å². The molecule has 20 heavy (non-hydrogen) atoms. The van der Waals surface area contributed by atoms with Crippen LogP contribution in [-0.4, -0.2) is 18.1 Å². The first-order valence-electron chi connectivity index (χ1n) is 6.50. The topological polar surface area (TPSA) is 42.1 Å². The van der Waals surface area contributed by atoms with Crippen molar-refractivity contribution in [2.24, 2.45) is 0 Å².